The molecular formula is C15H17ClN6OS. The molecule has 3 heterocycles. The van der Waals surface area contributed by atoms with Crippen LogP contribution in [0.3, 0.4) is 0 Å². The Morgan fingerprint density at radius 3 is 2.58 bits per heavy atom. The second-order valence-electron chi connectivity index (χ2n) is 5.79. The molecule has 0 aromatic carbocycles. The number of aryl methyl sites for hydroxylation is 1. The maximum absolute atomic E-state index is 6.39. The molecule has 1 fully saturated rings. The number of rotatable bonds is 3. The van der Waals surface area contributed by atoms with Gasteiger partial charge in [0.2, 0.25) is 0 Å². The Morgan fingerprint density at radius 2 is 1.88 bits per heavy atom. The van der Waals surface area contributed by atoms with Crippen molar-refractivity contribution in [1.82, 2.24) is 25.1 Å². The van der Waals surface area contributed by atoms with Crippen LogP contribution in [0.15, 0.2) is 23.0 Å². The van der Waals surface area contributed by atoms with E-state index in [1.54, 1.807) is 18.5 Å². The van der Waals surface area contributed by atoms with E-state index in [4.69, 9.17) is 10.3 Å². The zero-order valence-corrected chi connectivity index (χ0v) is 14.7. The van der Waals surface area contributed by atoms with E-state index in [9.17, 15) is 0 Å². The number of hydrogen-bond donors (Lipinski definition) is 1. The number of nitrogens with zero attached hydrogens (tertiary/aromatic N) is 5. The Kier molecular flexibility index (Phi) is 4.62. The van der Waals surface area contributed by atoms with Crippen molar-refractivity contribution >= 4 is 23.7 Å². The highest BCUT2D eigenvalue weighted by Gasteiger charge is 2.36. The van der Waals surface area contributed by atoms with Crippen LogP contribution in [0.4, 0.5) is 0 Å². The lowest BCUT2D eigenvalue weighted by Gasteiger charge is -2.17. The molecule has 24 heavy (non-hydrogen) atoms. The van der Waals surface area contributed by atoms with Crippen molar-refractivity contribution in [2.24, 2.45) is 5.73 Å². The molecule has 0 saturated heterocycles. The van der Waals surface area contributed by atoms with E-state index in [2.05, 4.69) is 25.1 Å². The third-order valence-electron chi connectivity index (χ3n) is 4.12. The van der Waals surface area contributed by atoms with Crippen molar-refractivity contribution in [2.75, 3.05) is 0 Å². The largest absolute Gasteiger partial charge is 0.333 e. The average molecular weight is 365 g/mol. The maximum Gasteiger partial charge on any atom is 0.270 e. The molecule has 0 amide bonds. The van der Waals surface area contributed by atoms with Gasteiger partial charge in [0.15, 0.2) is 16.7 Å². The van der Waals surface area contributed by atoms with Crippen molar-refractivity contribution in [3.63, 3.8) is 0 Å². The number of thiazole rings is 1. The van der Waals surface area contributed by atoms with Gasteiger partial charge in [-0.2, -0.15) is 4.98 Å². The van der Waals surface area contributed by atoms with Gasteiger partial charge in [0.05, 0.1) is 11.2 Å². The summed E-state index contributed by atoms with van der Waals surface area (Å²) in [4.78, 5) is 18.3. The van der Waals surface area contributed by atoms with Crippen LogP contribution in [0, 0.1) is 6.92 Å². The van der Waals surface area contributed by atoms with Gasteiger partial charge in [-0.1, -0.05) is 18.0 Å². The number of halogens is 1. The van der Waals surface area contributed by atoms with E-state index >= 15 is 0 Å². The van der Waals surface area contributed by atoms with Gasteiger partial charge in [0, 0.05) is 12.4 Å². The summed E-state index contributed by atoms with van der Waals surface area (Å²) in [6, 6.07) is 1.78. The summed E-state index contributed by atoms with van der Waals surface area (Å²) < 4.78 is 5.45. The van der Waals surface area contributed by atoms with E-state index in [-0.39, 0.29) is 12.4 Å². The third kappa shape index (κ3) is 2.92. The zero-order valence-electron chi connectivity index (χ0n) is 13.1. The van der Waals surface area contributed by atoms with Gasteiger partial charge in [-0.15, -0.1) is 23.7 Å². The molecule has 0 bridgehead atoms. The first-order valence-electron chi connectivity index (χ1n) is 7.54. The van der Waals surface area contributed by atoms with E-state index < -0.39 is 5.54 Å². The van der Waals surface area contributed by atoms with Crippen molar-refractivity contribution in [3.05, 3.63) is 30.0 Å². The third-order valence-corrected chi connectivity index (χ3v) is 5.26. The minimum atomic E-state index is -0.453. The lowest BCUT2D eigenvalue weighted by atomic mass is 9.99. The average Bonchev–Trinajstić information content (AvgIpc) is 3.28. The Morgan fingerprint density at radius 1 is 1.17 bits per heavy atom. The van der Waals surface area contributed by atoms with Crippen molar-refractivity contribution in [1.29, 1.82) is 0 Å². The van der Waals surface area contributed by atoms with Crippen LogP contribution in [-0.4, -0.2) is 25.1 Å². The summed E-state index contributed by atoms with van der Waals surface area (Å²) in [5.74, 6) is 1.65. The second-order valence-corrected chi connectivity index (χ2v) is 6.79. The predicted molar refractivity (Wildman–Crippen MR) is 92.8 cm³/mol. The molecule has 3 aromatic rings. The fourth-order valence-corrected chi connectivity index (χ4v) is 3.78. The Hall–Kier alpha value is -1.90. The molecule has 7 nitrogen and oxygen atoms in total. The predicted octanol–water partition coefficient (Wildman–Crippen LogP) is 3.11. The first kappa shape index (κ1) is 16.9. The van der Waals surface area contributed by atoms with Crippen molar-refractivity contribution in [3.8, 4) is 21.6 Å². The van der Waals surface area contributed by atoms with Crippen LogP contribution in [0.25, 0.3) is 21.6 Å². The number of aromatic nitrogens is 5. The molecule has 0 unspecified atom stereocenters. The fraction of sp³-hybridized carbons (Fsp3) is 0.400. The summed E-state index contributed by atoms with van der Waals surface area (Å²) in [6.45, 7) is 1.91. The summed E-state index contributed by atoms with van der Waals surface area (Å²) in [7, 11) is 0. The van der Waals surface area contributed by atoms with Gasteiger partial charge in [0.1, 0.15) is 4.88 Å². The summed E-state index contributed by atoms with van der Waals surface area (Å²) in [5, 5.41) is 4.84. The quantitative estimate of drug-likeness (QED) is 0.761. The van der Waals surface area contributed by atoms with Crippen LogP contribution in [-0.2, 0) is 5.54 Å². The van der Waals surface area contributed by atoms with Gasteiger partial charge < -0.3 is 10.3 Å². The van der Waals surface area contributed by atoms with Gasteiger partial charge in [-0.25, -0.2) is 15.0 Å². The second kappa shape index (κ2) is 6.54. The molecule has 126 valence electrons. The zero-order chi connectivity index (χ0) is 15.9. The molecule has 9 heteroatoms. The first-order chi connectivity index (χ1) is 11.2. The molecule has 0 atom stereocenters. The minimum absolute atomic E-state index is 0. The molecule has 3 aromatic heterocycles. The normalized spacial score (nSPS) is 16.1. The fourth-order valence-electron chi connectivity index (χ4n) is 2.85. The Labute approximate surface area is 149 Å². The molecule has 1 saturated carbocycles. The number of nitrogens with two attached hydrogens (primary N) is 1. The summed E-state index contributed by atoms with van der Waals surface area (Å²) in [6.07, 6.45) is 7.40. The smallest absolute Gasteiger partial charge is 0.270 e. The van der Waals surface area contributed by atoms with Crippen molar-refractivity contribution < 1.29 is 4.52 Å². The highest BCUT2D eigenvalue weighted by Crippen LogP contribution is 2.37. The van der Waals surface area contributed by atoms with E-state index in [0.717, 1.165) is 41.3 Å². The lowest BCUT2D eigenvalue weighted by Crippen LogP contribution is -2.34. The summed E-state index contributed by atoms with van der Waals surface area (Å²) in [5.41, 5.74) is 6.76. The van der Waals surface area contributed by atoms with Crippen molar-refractivity contribution in [2.45, 2.75) is 38.1 Å². The van der Waals surface area contributed by atoms with E-state index in [1.807, 2.05) is 6.92 Å². The standard InChI is InChI=1S/C15H16N6OS.ClH/c1-9-10(23-13(19-9)11-17-7-4-8-18-11)12-20-14(21-22-12)15(16)5-2-3-6-15;/h4,7-8H,2-3,5-6,16H2,1H3;1H. The molecule has 4 rings (SSSR count). The molecule has 0 aliphatic heterocycles. The maximum atomic E-state index is 6.39. The van der Waals surface area contributed by atoms with Crippen LogP contribution in [0.1, 0.15) is 37.2 Å². The molecular weight excluding hydrogens is 348 g/mol. The molecule has 0 radical (unpaired) electrons. The van der Waals surface area contributed by atoms with E-state index in [1.165, 1.54) is 11.3 Å². The van der Waals surface area contributed by atoms with Crippen LogP contribution in [0.5, 0.6) is 0 Å². The van der Waals surface area contributed by atoms with Gasteiger partial charge in [-0.3, -0.25) is 0 Å². The van der Waals surface area contributed by atoms with Crippen LogP contribution in [0.2, 0.25) is 0 Å². The Balaban J connectivity index is 0.00000169. The highest BCUT2D eigenvalue weighted by molar-refractivity contribution is 7.18. The minimum Gasteiger partial charge on any atom is -0.333 e. The Bertz CT molecular complexity index is 828. The van der Waals surface area contributed by atoms with Crippen LogP contribution >= 0.6 is 23.7 Å². The lowest BCUT2D eigenvalue weighted by molar-refractivity contribution is 0.373. The molecule has 1 aliphatic carbocycles. The van der Waals surface area contributed by atoms with Gasteiger partial charge >= 0.3 is 0 Å². The molecule has 0 spiro atoms. The van der Waals surface area contributed by atoms with Gasteiger partial charge in [0.25, 0.3) is 5.89 Å². The summed E-state index contributed by atoms with van der Waals surface area (Å²) >= 11 is 1.45. The van der Waals surface area contributed by atoms with Crippen LogP contribution < -0.4 is 5.73 Å². The van der Waals surface area contributed by atoms with Gasteiger partial charge in [-0.05, 0) is 25.8 Å². The first-order valence-corrected chi connectivity index (χ1v) is 8.36. The SMILES string of the molecule is Cc1nc(-c2ncccn2)sc1-c1nc(C2(N)CCCC2)no1.Cl. The topological polar surface area (TPSA) is 104 Å². The molecule has 1 aliphatic rings. The highest BCUT2D eigenvalue weighted by atomic mass is 35.5. The number of hydrogen-bond acceptors (Lipinski definition) is 8. The monoisotopic (exact) mass is 364 g/mol. The van der Waals surface area contributed by atoms with E-state index in [0.29, 0.717) is 17.5 Å². The molecule has 2 N–H and O–H groups in total.